The van der Waals surface area contributed by atoms with E-state index in [-0.39, 0.29) is 5.75 Å². The molecule has 1 heterocycles. The maximum Gasteiger partial charge on any atom is 0.209 e. The standard InChI is InChI=1S/C6H14N2O2S/c7-11(9,10)4-2-6-1-3-8-5-6/h6,8H,1-5H2,(H2,7,9,10). The van der Waals surface area contributed by atoms with Gasteiger partial charge in [-0.1, -0.05) is 0 Å². The topological polar surface area (TPSA) is 72.2 Å². The van der Waals surface area contributed by atoms with Crippen LogP contribution >= 0.6 is 0 Å². The van der Waals surface area contributed by atoms with E-state index in [4.69, 9.17) is 5.14 Å². The molecule has 0 aromatic heterocycles. The number of nitrogens with one attached hydrogen (secondary N) is 1. The average Bonchev–Trinajstić information content (AvgIpc) is 2.32. The average molecular weight is 178 g/mol. The molecule has 0 spiro atoms. The predicted octanol–water partition coefficient (Wildman–Crippen LogP) is -0.725. The van der Waals surface area contributed by atoms with Gasteiger partial charge < -0.3 is 5.32 Å². The molecule has 0 amide bonds. The fourth-order valence-electron chi connectivity index (χ4n) is 1.29. The summed E-state index contributed by atoms with van der Waals surface area (Å²) in [5.41, 5.74) is 0. The minimum atomic E-state index is -3.24. The molecule has 1 atom stereocenters. The van der Waals surface area contributed by atoms with E-state index in [1.165, 1.54) is 0 Å². The second-order valence-electron chi connectivity index (χ2n) is 3.01. The Labute approximate surface area is 67.2 Å². The third-order valence-corrected chi connectivity index (χ3v) is 2.78. The van der Waals surface area contributed by atoms with E-state index in [1.807, 2.05) is 0 Å². The molecule has 11 heavy (non-hydrogen) atoms. The highest BCUT2D eigenvalue weighted by Crippen LogP contribution is 2.11. The van der Waals surface area contributed by atoms with Crippen LogP contribution in [0.1, 0.15) is 12.8 Å². The zero-order valence-electron chi connectivity index (χ0n) is 6.41. The maximum atomic E-state index is 10.5. The van der Waals surface area contributed by atoms with Crippen molar-refractivity contribution in [3.63, 3.8) is 0 Å². The van der Waals surface area contributed by atoms with Gasteiger partial charge in [0.1, 0.15) is 0 Å². The van der Waals surface area contributed by atoms with Gasteiger partial charge in [0.25, 0.3) is 0 Å². The Balaban J connectivity index is 2.22. The number of sulfonamides is 1. The van der Waals surface area contributed by atoms with Gasteiger partial charge in [-0.05, 0) is 31.8 Å². The molecule has 0 aliphatic carbocycles. The highest BCUT2D eigenvalue weighted by molar-refractivity contribution is 7.89. The van der Waals surface area contributed by atoms with E-state index < -0.39 is 10.0 Å². The van der Waals surface area contributed by atoms with Crippen LogP contribution in [0.25, 0.3) is 0 Å². The fourth-order valence-corrected chi connectivity index (χ4v) is 1.95. The lowest BCUT2D eigenvalue weighted by molar-refractivity contribution is 0.546. The fraction of sp³-hybridized carbons (Fsp3) is 1.00. The third-order valence-electron chi connectivity index (χ3n) is 1.97. The molecule has 0 saturated carbocycles. The first-order valence-electron chi connectivity index (χ1n) is 3.79. The molecule has 0 bridgehead atoms. The Bertz CT molecular complexity index is 207. The number of primary sulfonamides is 1. The summed E-state index contributed by atoms with van der Waals surface area (Å²) in [4.78, 5) is 0. The largest absolute Gasteiger partial charge is 0.316 e. The molecule has 1 aliphatic heterocycles. The quantitative estimate of drug-likeness (QED) is 0.598. The van der Waals surface area contributed by atoms with Crippen LogP contribution in [0.15, 0.2) is 0 Å². The summed E-state index contributed by atoms with van der Waals surface area (Å²) in [5.74, 6) is 0.632. The van der Waals surface area contributed by atoms with E-state index in [9.17, 15) is 8.42 Å². The maximum absolute atomic E-state index is 10.5. The van der Waals surface area contributed by atoms with Crippen LogP contribution in [0, 0.1) is 5.92 Å². The van der Waals surface area contributed by atoms with Gasteiger partial charge in [-0.3, -0.25) is 0 Å². The van der Waals surface area contributed by atoms with Crippen molar-refractivity contribution >= 4 is 10.0 Å². The molecular weight excluding hydrogens is 164 g/mol. The first-order chi connectivity index (χ1) is 5.08. The summed E-state index contributed by atoms with van der Waals surface area (Å²) in [6.45, 7) is 1.95. The normalized spacial score (nSPS) is 25.7. The van der Waals surface area contributed by atoms with Crippen LogP contribution in [-0.2, 0) is 10.0 Å². The van der Waals surface area contributed by atoms with Gasteiger partial charge in [-0.15, -0.1) is 0 Å². The summed E-state index contributed by atoms with van der Waals surface area (Å²) in [7, 11) is -3.24. The van der Waals surface area contributed by atoms with Crippen molar-refractivity contribution in [1.29, 1.82) is 0 Å². The lowest BCUT2D eigenvalue weighted by atomic mass is 10.1. The summed E-state index contributed by atoms with van der Waals surface area (Å²) in [6.07, 6.45) is 1.78. The second-order valence-corrected chi connectivity index (χ2v) is 4.75. The lowest BCUT2D eigenvalue weighted by Crippen LogP contribution is -2.19. The number of hydrogen-bond acceptors (Lipinski definition) is 3. The van der Waals surface area contributed by atoms with E-state index in [0.717, 1.165) is 19.5 Å². The summed E-state index contributed by atoms with van der Waals surface area (Å²) < 4.78 is 21.1. The molecule has 1 rings (SSSR count). The zero-order chi connectivity index (χ0) is 8.32. The smallest absolute Gasteiger partial charge is 0.209 e. The van der Waals surface area contributed by atoms with Crippen molar-refractivity contribution in [1.82, 2.24) is 5.32 Å². The van der Waals surface area contributed by atoms with Crippen LogP contribution in [0.5, 0.6) is 0 Å². The first-order valence-corrected chi connectivity index (χ1v) is 5.50. The van der Waals surface area contributed by atoms with Crippen LogP contribution in [0.3, 0.4) is 0 Å². The van der Waals surface area contributed by atoms with Gasteiger partial charge in [0, 0.05) is 0 Å². The van der Waals surface area contributed by atoms with Gasteiger partial charge in [-0.2, -0.15) is 0 Å². The predicted molar refractivity (Wildman–Crippen MR) is 43.6 cm³/mol. The minimum Gasteiger partial charge on any atom is -0.316 e. The highest BCUT2D eigenvalue weighted by atomic mass is 32.2. The van der Waals surface area contributed by atoms with E-state index in [0.29, 0.717) is 12.3 Å². The molecule has 3 N–H and O–H groups in total. The van der Waals surface area contributed by atoms with Crippen LogP contribution in [-0.4, -0.2) is 27.3 Å². The molecule has 0 aromatic rings. The van der Waals surface area contributed by atoms with Gasteiger partial charge in [0.15, 0.2) is 0 Å². The Morgan fingerprint density at radius 2 is 2.27 bits per heavy atom. The Kier molecular flexibility index (Phi) is 2.86. The van der Waals surface area contributed by atoms with Crippen LogP contribution < -0.4 is 10.5 Å². The van der Waals surface area contributed by atoms with Crippen molar-refractivity contribution in [3.8, 4) is 0 Å². The van der Waals surface area contributed by atoms with Crippen molar-refractivity contribution < 1.29 is 8.42 Å². The van der Waals surface area contributed by atoms with Gasteiger partial charge in [0.05, 0.1) is 5.75 Å². The van der Waals surface area contributed by atoms with Gasteiger partial charge >= 0.3 is 0 Å². The molecular formula is C6H14N2O2S. The molecule has 0 radical (unpaired) electrons. The Morgan fingerprint density at radius 3 is 2.73 bits per heavy atom. The first kappa shape index (κ1) is 8.96. The molecule has 0 aromatic carbocycles. The number of nitrogens with two attached hydrogens (primary N) is 1. The summed E-state index contributed by atoms with van der Waals surface area (Å²) in [5, 5.41) is 8.04. The van der Waals surface area contributed by atoms with Crippen molar-refractivity contribution in [2.45, 2.75) is 12.8 Å². The monoisotopic (exact) mass is 178 g/mol. The third kappa shape index (κ3) is 3.69. The van der Waals surface area contributed by atoms with Gasteiger partial charge in [0.2, 0.25) is 10.0 Å². The molecule has 4 nitrogen and oxygen atoms in total. The number of hydrogen-bond donors (Lipinski definition) is 2. The molecule has 1 aliphatic rings. The minimum absolute atomic E-state index is 0.124. The number of rotatable bonds is 3. The van der Waals surface area contributed by atoms with E-state index in [1.54, 1.807) is 0 Å². The highest BCUT2D eigenvalue weighted by Gasteiger charge is 2.16. The van der Waals surface area contributed by atoms with E-state index in [2.05, 4.69) is 5.32 Å². The van der Waals surface area contributed by atoms with Crippen molar-refractivity contribution in [3.05, 3.63) is 0 Å². The molecule has 1 fully saturated rings. The summed E-state index contributed by atoms with van der Waals surface area (Å²) >= 11 is 0. The second kappa shape index (κ2) is 3.51. The molecule has 1 unspecified atom stereocenters. The van der Waals surface area contributed by atoms with Gasteiger partial charge in [-0.25, -0.2) is 13.6 Å². The van der Waals surface area contributed by atoms with E-state index >= 15 is 0 Å². The van der Waals surface area contributed by atoms with Crippen LogP contribution in [0.2, 0.25) is 0 Å². The lowest BCUT2D eigenvalue weighted by Gasteiger charge is -2.05. The zero-order valence-corrected chi connectivity index (χ0v) is 7.23. The Morgan fingerprint density at radius 1 is 1.55 bits per heavy atom. The van der Waals surface area contributed by atoms with Crippen molar-refractivity contribution in [2.75, 3.05) is 18.8 Å². The van der Waals surface area contributed by atoms with Crippen molar-refractivity contribution in [2.24, 2.45) is 11.1 Å². The van der Waals surface area contributed by atoms with Crippen LogP contribution in [0.4, 0.5) is 0 Å². The SMILES string of the molecule is NS(=O)(=O)CCC1CCNC1. The molecule has 5 heteroatoms. The molecule has 1 saturated heterocycles. The Hall–Kier alpha value is -0.130. The molecule has 66 valence electrons. The summed E-state index contributed by atoms with van der Waals surface area (Å²) in [6, 6.07) is 0.